The number of hydrogen-bond acceptors (Lipinski definition) is 4. The van der Waals surface area contributed by atoms with Crippen LogP contribution >= 0.6 is 0 Å². The van der Waals surface area contributed by atoms with Crippen LogP contribution in [0, 0.1) is 11.8 Å². The smallest absolute Gasteiger partial charge is 0.258 e. The first-order chi connectivity index (χ1) is 14.7. The fraction of sp³-hybridized carbons (Fsp3) is 0.667. The molecule has 0 atom stereocenters. The predicted octanol–water partition coefficient (Wildman–Crippen LogP) is 3.57. The number of amides is 2. The topological polar surface area (TPSA) is 70.7 Å². The summed E-state index contributed by atoms with van der Waals surface area (Å²) in [4.78, 5) is 26.8. The lowest BCUT2D eigenvalue weighted by Crippen LogP contribution is -2.47. The van der Waals surface area contributed by atoms with Crippen molar-refractivity contribution in [1.29, 1.82) is 0 Å². The molecule has 1 saturated heterocycles. The van der Waals surface area contributed by atoms with E-state index in [1.165, 1.54) is 38.6 Å². The molecule has 0 bridgehead atoms. The van der Waals surface area contributed by atoms with Crippen molar-refractivity contribution in [3.05, 3.63) is 24.3 Å². The van der Waals surface area contributed by atoms with Crippen molar-refractivity contribution in [2.45, 2.75) is 63.8 Å². The van der Waals surface area contributed by atoms with Gasteiger partial charge in [0.25, 0.3) is 5.91 Å². The van der Waals surface area contributed by atoms with Gasteiger partial charge in [-0.15, -0.1) is 0 Å². The molecule has 1 heterocycles. The van der Waals surface area contributed by atoms with Crippen molar-refractivity contribution in [3.63, 3.8) is 0 Å². The average Bonchev–Trinajstić information content (AvgIpc) is 3.60. The maximum absolute atomic E-state index is 12.3. The Morgan fingerprint density at radius 3 is 2.50 bits per heavy atom. The average molecular weight is 414 g/mol. The van der Waals surface area contributed by atoms with Crippen molar-refractivity contribution in [2.75, 3.05) is 31.6 Å². The third-order valence-electron chi connectivity index (χ3n) is 6.61. The van der Waals surface area contributed by atoms with Gasteiger partial charge < -0.3 is 20.3 Å². The number of nitrogens with zero attached hydrogens (tertiary/aromatic N) is 1. The predicted molar refractivity (Wildman–Crippen MR) is 117 cm³/mol. The number of benzene rings is 1. The number of ether oxygens (including phenoxy) is 1. The molecule has 2 aliphatic carbocycles. The van der Waals surface area contributed by atoms with Crippen LogP contribution in [0.4, 0.5) is 5.69 Å². The van der Waals surface area contributed by atoms with Gasteiger partial charge in [-0.2, -0.15) is 0 Å². The Labute approximate surface area is 179 Å². The minimum Gasteiger partial charge on any atom is -0.484 e. The van der Waals surface area contributed by atoms with Crippen LogP contribution in [0.1, 0.15) is 57.8 Å². The monoisotopic (exact) mass is 413 g/mol. The summed E-state index contributed by atoms with van der Waals surface area (Å²) in [5, 5.41) is 6.03. The van der Waals surface area contributed by atoms with Crippen LogP contribution in [0.5, 0.6) is 5.75 Å². The van der Waals surface area contributed by atoms with E-state index in [1.54, 1.807) is 6.07 Å². The number of nitrogens with one attached hydrogen (secondary N) is 2. The normalized spacial score (nSPS) is 21.2. The van der Waals surface area contributed by atoms with Crippen LogP contribution in [0.15, 0.2) is 24.3 Å². The van der Waals surface area contributed by atoms with E-state index in [-0.39, 0.29) is 30.4 Å². The first-order valence-electron chi connectivity index (χ1n) is 11.7. The zero-order valence-electron chi connectivity index (χ0n) is 17.9. The highest BCUT2D eigenvalue weighted by molar-refractivity contribution is 5.94. The standard InChI is InChI=1S/C24H35N3O3/c28-23(17-30-22-8-4-7-21(15-22)26-24(29)19-9-10-19)25-20-11-13-27(14-12-20)16-18-5-2-1-3-6-18/h4,7-8,15,18-20H,1-3,5-6,9-14,16-17H2,(H,25,28)(H,26,29). The second-order valence-corrected chi connectivity index (χ2v) is 9.23. The molecular weight excluding hydrogens is 378 g/mol. The molecule has 0 spiro atoms. The number of carbonyl (C=O) groups excluding carboxylic acids is 2. The van der Waals surface area contributed by atoms with Crippen LogP contribution in [0.3, 0.4) is 0 Å². The Hall–Kier alpha value is -2.08. The molecular formula is C24H35N3O3. The molecule has 2 N–H and O–H groups in total. The van der Waals surface area contributed by atoms with E-state index in [2.05, 4.69) is 15.5 Å². The maximum Gasteiger partial charge on any atom is 0.258 e. The van der Waals surface area contributed by atoms with Crippen molar-refractivity contribution >= 4 is 17.5 Å². The fourth-order valence-electron chi connectivity index (χ4n) is 4.67. The largest absolute Gasteiger partial charge is 0.484 e. The molecule has 1 aromatic carbocycles. The van der Waals surface area contributed by atoms with Crippen LogP contribution in [0.25, 0.3) is 0 Å². The molecule has 0 aromatic heterocycles. The third-order valence-corrected chi connectivity index (χ3v) is 6.61. The molecule has 2 amide bonds. The molecule has 0 unspecified atom stereocenters. The van der Waals surface area contributed by atoms with Crippen molar-refractivity contribution in [2.24, 2.45) is 11.8 Å². The van der Waals surface area contributed by atoms with Crippen molar-refractivity contribution < 1.29 is 14.3 Å². The van der Waals surface area contributed by atoms with Crippen molar-refractivity contribution in [1.82, 2.24) is 10.2 Å². The van der Waals surface area contributed by atoms with Gasteiger partial charge in [-0.05, 0) is 56.6 Å². The van der Waals surface area contributed by atoms with E-state index in [1.807, 2.05) is 18.2 Å². The van der Waals surface area contributed by atoms with Crippen LogP contribution in [-0.4, -0.2) is 49.0 Å². The fourth-order valence-corrected chi connectivity index (χ4v) is 4.67. The van der Waals surface area contributed by atoms with Gasteiger partial charge in [0.1, 0.15) is 5.75 Å². The molecule has 4 rings (SSSR count). The van der Waals surface area contributed by atoms with Crippen LogP contribution in [-0.2, 0) is 9.59 Å². The minimum absolute atomic E-state index is 0.00229. The van der Waals surface area contributed by atoms with E-state index in [9.17, 15) is 9.59 Å². The highest BCUT2D eigenvalue weighted by atomic mass is 16.5. The Bertz CT molecular complexity index is 720. The first-order valence-corrected chi connectivity index (χ1v) is 11.7. The summed E-state index contributed by atoms with van der Waals surface area (Å²) >= 11 is 0. The molecule has 6 nitrogen and oxygen atoms in total. The number of hydrogen-bond donors (Lipinski definition) is 2. The van der Waals surface area contributed by atoms with E-state index in [4.69, 9.17) is 4.74 Å². The van der Waals surface area contributed by atoms with Gasteiger partial charge in [-0.3, -0.25) is 9.59 Å². The Morgan fingerprint density at radius 2 is 1.77 bits per heavy atom. The number of carbonyl (C=O) groups is 2. The number of piperidine rings is 1. The van der Waals surface area contributed by atoms with Gasteiger partial charge in [-0.25, -0.2) is 0 Å². The molecule has 164 valence electrons. The zero-order valence-corrected chi connectivity index (χ0v) is 17.9. The molecule has 2 saturated carbocycles. The minimum atomic E-state index is -0.0758. The Kier molecular flexibility index (Phi) is 7.26. The molecule has 1 aliphatic heterocycles. The molecule has 6 heteroatoms. The summed E-state index contributed by atoms with van der Waals surface area (Å²) in [7, 11) is 0. The van der Waals surface area contributed by atoms with E-state index < -0.39 is 0 Å². The maximum atomic E-state index is 12.3. The lowest BCUT2D eigenvalue weighted by molar-refractivity contribution is -0.124. The quantitative estimate of drug-likeness (QED) is 0.683. The first kappa shape index (κ1) is 21.2. The SMILES string of the molecule is O=C(COc1cccc(NC(=O)C2CC2)c1)NC1CCN(CC2CCCCC2)CC1. The summed E-state index contributed by atoms with van der Waals surface area (Å²) in [6.07, 6.45) is 11.0. The Morgan fingerprint density at radius 1 is 1.00 bits per heavy atom. The number of anilines is 1. The molecule has 3 fully saturated rings. The van der Waals surface area contributed by atoms with Gasteiger partial charge in [0, 0.05) is 43.3 Å². The zero-order chi connectivity index (χ0) is 20.8. The summed E-state index contributed by atoms with van der Waals surface area (Å²) in [6.45, 7) is 3.38. The van der Waals surface area contributed by atoms with Gasteiger partial charge in [0.2, 0.25) is 5.91 Å². The van der Waals surface area contributed by atoms with E-state index in [0.29, 0.717) is 5.75 Å². The van der Waals surface area contributed by atoms with Gasteiger partial charge in [0.15, 0.2) is 6.61 Å². The molecule has 30 heavy (non-hydrogen) atoms. The second kappa shape index (κ2) is 10.3. The van der Waals surface area contributed by atoms with Crippen LogP contribution < -0.4 is 15.4 Å². The summed E-state index contributed by atoms with van der Waals surface area (Å²) in [6, 6.07) is 7.50. The summed E-state index contributed by atoms with van der Waals surface area (Å²) < 4.78 is 5.66. The van der Waals surface area contributed by atoms with E-state index >= 15 is 0 Å². The molecule has 1 aromatic rings. The van der Waals surface area contributed by atoms with E-state index in [0.717, 1.165) is 50.4 Å². The Balaban J connectivity index is 1.14. The molecule has 0 radical (unpaired) electrons. The second-order valence-electron chi connectivity index (χ2n) is 9.23. The van der Waals surface area contributed by atoms with Gasteiger partial charge >= 0.3 is 0 Å². The third kappa shape index (κ3) is 6.46. The summed E-state index contributed by atoms with van der Waals surface area (Å²) in [5.41, 5.74) is 0.718. The highest BCUT2D eigenvalue weighted by Crippen LogP contribution is 2.30. The summed E-state index contributed by atoms with van der Waals surface area (Å²) in [5.74, 6) is 1.63. The van der Waals surface area contributed by atoms with Gasteiger partial charge in [-0.1, -0.05) is 25.3 Å². The number of rotatable bonds is 8. The number of likely N-dealkylation sites (tertiary alicyclic amines) is 1. The lowest BCUT2D eigenvalue weighted by atomic mass is 9.88. The van der Waals surface area contributed by atoms with Gasteiger partial charge in [0.05, 0.1) is 0 Å². The molecule has 3 aliphatic rings. The highest BCUT2D eigenvalue weighted by Gasteiger charge is 2.29. The van der Waals surface area contributed by atoms with Crippen LogP contribution in [0.2, 0.25) is 0 Å². The lowest BCUT2D eigenvalue weighted by Gasteiger charge is -2.35. The van der Waals surface area contributed by atoms with Crippen molar-refractivity contribution in [3.8, 4) is 5.75 Å².